The van der Waals surface area contributed by atoms with E-state index >= 15 is 0 Å². The van der Waals surface area contributed by atoms with Crippen molar-refractivity contribution >= 4 is 9.84 Å². The topological polar surface area (TPSA) is 56.3 Å². The normalized spacial score (nSPS) is 25.0. The zero-order valence-electron chi connectivity index (χ0n) is 12.0. The van der Waals surface area contributed by atoms with Gasteiger partial charge in [-0.2, -0.15) is 0 Å². The first-order valence-corrected chi connectivity index (χ1v) is 8.64. The molecular weight excluding hydrogens is 298 g/mol. The molecule has 1 fully saturated rings. The lowest BCUT2D eigenvalue weighted by Crippen LogP contribution is -2.25. The Bertz CT molecular complexity index is 744. The molecule has 3 atom stereocenters. The number of nitrogens with zero attached hydrogens (tertiary/aromatic N) is 1. The largest absolute Gasteiger partial charge is 0.365 e. The van der Waals surface area contributed by atoms with Gasteiger partial charge in [0.15, 0.2) is 9.84 Å². The molecule has 1 aromatic heterocycles. The molecule has 0 radical (unpaired) electrons. The summed E-state index contributed by atoms with van der Waals surface area (Å²) in [4.78, 5) is 4.39. The summed E-state index contributed by atoms with van der Waals surface area (Å²) in [6, 6.07) is 12.1. The van der Waals surface area contributed by atoms with Gasteiger partial charge in [0.25, 0.3) is 0 Å². The highest BCUT2D eigenvalue weighted by Gasteiger charge is 2.43. The average molecular weight is 315 g/mol. The third-order valence-electron chi connectivity index (χ3n) is 3.87. The van der Waals surface area contributed by atoms with Crippen molar-refractivity contribution in [2.45, 2.75) is 28.8 Å². The van der Waals surface area contributed by atoms with Gasteiger partial charge in [-0.3, -0.25) is 4.98 Å². The Kier molecular flexibility index (Phi) is 4.09. The SMILES string of the molecule is C=C[C@@H]1C[C@@H](S(=O)(=O)c2ccccc2)[C@H](c2cccnc2)O1. The Balaban J connectivity index is 2.01. The smallest absolute Gasteiger partial charge is 0.184 e. The van der Waals surface area contributed by atoms with E-state index in [2.05, 4.69) is 11.6 Å². The Labute approximate surface area is 130 Å². The lowest BCUT2D eigenvalue weighted by Gasteiger charge is -2.19. The second-order valence-corrected chi connectivity index (χ2v) is 7.42. The minimum absolute atomic E-state index is 0.270. The van der Waals surface area contributed by atoms with Crippen LogP contribution in [0.4, 0.5) is 0 Å². The summed E-state index contributed by atoms with van der Waals surface area (Å²) in [5.74, 6) is 0. The molecule has 0 amide bonds. The molecule has 5 heteroatoms. The number of ether oxygens (including phenoxy) is 1. The highest BCUT2D eigenvalue weighted by molar-refractivity contribution is 7.92. The van der Waals surface area contributed by atoms with Crippen molar-refractivity contribution in [3.05, 3.63) is 73.1 Å². The highest BCUT2D eigenvalue weighted by Crippen LogP contribution is 2.39. The van der Waals surface area contributed by atoms with Crippen molar-refractivity contribution in [1.29, 1.82) is 0 Å². The van der Waals surface area contributed by atoms with Crippen LogP contribution in [0.1, 0.15) is 18.1 Å². The van der Waals surface area contributed by atoms with Gasteiger partial charge in [-0.05, 0) is 24.6 Å². The van der Waals surface area contributed by atoms with E-state index in [0.717, 1.165) is 5.56 Å². The molecule has 0 bridgehead atoms. The summed E-state index contributed by atoms with van der Waals surface area (Å²) in [6.07, 6.45) is 4.58. The summed E-state index contributed by atoms with van der Waals surface area (Å²) in [6.45, 7) is 3.72. The summed E-state index contributed by atoms with van der Waals surface area (Å²) in [5.41, 5.74) is 0.774. The van der Waals surface area contributed by atoms with Crippen LogP contribution in [-0.4, -0.2) is 24.8 Å². The van der Waals surface area contributed by atoms with Crippen molar-refractivity contribution in [1.82, 2.24) is 4.98 Å². The Morgan fingerprint density at radius 2 is 1.95 bits per heavy atom. The van der Waals surface area contributed by atoms with E-state index in [0.29, 0.717) is 11.3 Å². The minimum Gasteiger partial charge on any atom is -0.365 e. The molecule has 1 aliphatic heterocycles. The number of sulfone groups is 1. The van der Waals surface area contributed by atoms with Crippen LogP contribution in [0.15, 0.2) is 72.4 Å². The van der Waals surface area contributed by atoms with Crippen molar-refractivity contribution in [2.75, 3.05) is 0 Å². The molecule has 0 unspecified atom stereocenters. The zero-order chi connectivity index (χ0) is 15.6. The number of benzene rings is 1. The lowest BCUT2D eigenvalue weighted by molar-refractivity contribution is 0.0718. The quantitative estimate of drug-likeness (QED) is 0.814. The molecule has 1 saturated heterocycles. The van der Waals surface area contributed by atoms with Crippen molar-refractivity contribution in [2.24, 2.45) is 0 Å². The lowest BCUT2D eigenvalue weighted by atomic mass is 10.1. The molecule has 0 saturated carbocycles. The fraction of sp³-hybridized carbons (Fsp3) is 0.235. The van der Waals surface area contributed by atoms with Crippen LogP contribution in [0.5, 0.6) is 0 Å². The van der Waals surface area contributed by atoms with E-state index in [4.69, 9.17) is 4.74 Å². The third-order valence-corrected chi connectivity index (χ3v) is 6.04. The van der Waals surface area contributed by atoms with Gasteiger partial charge in [-0.15, -0.1) is 6.58 Å². The first kappa shape index (κ1) is 14.9. The van der Waals surface area contributed by atoms with Gasteiger partial charge in [0, 0.05) is 18.0 Å². The number of rotatable bonds is 4. The Hall–Kier alpha value is -1.98. The molecule has 2 heterocycles. The van der Waals surface area contributed by atoms with Crippen LogP contribution < -0.4 is 0 Å². The molecule has 114 valence electrons. The van der Waals surface area contributed by atoms with Crippen LogP contribution in [-0.2, 0) is 14.6 Å². The van der Waals surface area contributed by atoms with Gasteiger partial charge in [0.1, 0.15) is 6.10 Å². The second kappa shape index (κ2) is 6.02. The predicted octanol–water partition coefficient (Wildman–Crippen LogP) is 2.94. The van der Waals surface area contributed by atoms with Gasteiger partial charge >= 0.3 is 0 Å². The minimum atomic E-state index is -3.48. The average Bonchev–Trinajstić information content (AvgIpc) is 3.02. The molecule has 2 aromatic rings. The van der Waals surface area contributed by atoms with E-state index in [-0.39, 0.29) is 6.10 Å². The van der Waals surface area contributed by atoms with Crippen LogP contribution in [0, 0.1) is 0 Å². The maximum absolute atomic E-state index is 12.9. The summed E-state index contributed by atoms with van der Waals surface area (Å²) in [5, 5.41) is -0.637. The zero-order valence-corrected chi connectivity index (χ0v) is 12.8. The van der Waals surface area contributed by atoms with Gasteiger partial charge < -0.3 is 4.74 Å². The van der Waals surface area contributed by atoms with Gasteiger partial charge in [-0.1, -0.05) is 30.3 Å². The van der Waals surface area contributed by atoms with E-state index in [1.54, 1.807) is 54.9 Å². The molecule has 22 heavy (non-hydrogen) atoms. The maximum atomic E-state index is 12.9. The molecule has 0 aliphatic carbocycles. The molecule has 1 aromatic carbocycles. The maximum Gasteiger partial charge on any atom is 0.184 e. The van der Waals surface area contributed by atoms with Crippen molar-refractivity contribution in [3.63, 3.8) is 0 Å². The van der Waals surface area contributed by atoms with Crippen molar-refractivity contribution in [3.8, 4) is 0 Å². The highest BCUT2D eigenvalue weighted by atomic mass is 32.2. The standard InChI is InChI=1S/C17H17NO3S/c1-2-14-11-16(17(21-14)13-7-6-10-18-12-13)22(19,20)15-8-4-3-5-9-15/h2-10,12,14,16-17H,1,11H2/t14-,16-,17+/m1/s1. The van der Waals surface area contributed by atoms with Crippen LogP contribution in [0.2, 0.25) is 0 Å². The number of pyridine rings is 1. The van der Waals surface area contributed by atoms with Crippen LogP contribution in [0.3, 0.4) is 0 Å². The summed E-state index contributed by atoms with van der Waals surface area (Å²) < 4.78 is 31.8. The van der Waals surface area contributed by atoms with E-state index in [1.807, 2.05) is 6.07 Å². The second-order valence-electron chi connectivity index (χ2n) is 5.25. The van der Waals surface area contributed by atoms with E-state index in [9.17, 15) is 8.42 Å². The number of hydrogen-bond acceptors (Lipinski definition) is 4. The first-order chi connectivity index (χ1) is 10.6. The molecule has 3 rings (SSSR count). The molecule has 4 nitrogen and oxygen atoms in total. The van der Waals surface area contributed by atoms with Gasteiger partial charge in [0.05, 0.1) is 16.2 Å². The van der Waals surface area contributed by atoms with E-state index in [1.165, 1.54) is 0 Å². The van der Waals surface area contributed by atoms with E-state index < -0.39 is 21.2 Å². The molecule has 0 N–H and O–H groups in total. The van der Waals surface area contributed by atoms with Crippen molar-refractivity contribution < 1.29 is 13.2 Å². The molecule has 1 aliphatic rings. The monoisotopic (exact) mass is 315 g/mol. The van der Waals surface area contributed by atoms with Crippen LogP contribution >= 0.6 is 0 Å². The summed E-state index contributed by atoms with van der Waals surface area (Å²) in [7, 11) is -3.48. The number of hydrogen-bond donors (Lipinski definition) is 0. The molecular formula is C17H17NO3S. The van der Waals surface area contributed by atoms with Crippen LogP contribution in [0.25, 0.3) is 0 Å². The fourth-order valence-corrected chi connectivity index (χ4v) is 4.62. The van der Waals surface area contributed by atoms with Gasteiger partial charge in [0.2, 0.25) is 0 Å². The summed E-state index contributed by atoms with van der Waals surface area (Å²) >= 11 is 0. The third kappa shape index (κ3) is 2.69. The number of aromatic nitrogens is 1. The predicted molar refractivity (Wildman–Crippen MR) is 84.1 cm³/mol. The Morgan fingerprint density at radius 3 is 2.59 bits per heavy atom. The first-order valence-electron chi connectivity index (χ1n) is 7.10. The molecule has 0 spiro atoms. The van der Waals surface area contributed by atoms with Gasteiger partial charge in [-0.25, -0.2) is 8.42 Å². The fourth-order valence-electron chi connectivity index (χ4n) is 2.75. The Morgan fingerprint density at radius 1 is 1.18 bits per heavy atom.